The molecule has 0 atom stereocenters. The van der Waals surface area contributed by atoms with Crippen LogP contribution in [0.15, 0.2) is 6.20 Å². The first-order valence-corrected chi connectivity index (χ1v) is 8.91. The topological polar surface area (TPSA) is 68.9 Å². The Kier molecular flexibility index (Phi) is 3.70. The lowest BCUT2D eigenvalue weighted by Gasteiger charge is -2.56. The number of primary amides is 1. The molecule has 4 bridgehead atoms. The molecule has 5 heteroatoms. The molecule has 4 fully saturated rings. The van der Waals surface area contributed by atoms with Crippen LogP contribution in [-0.4, -0.2) is 23.7 Å². The van der Waals surface area contributed by atoms with E-state index in [0.29, 0.717) is 23.7 Å². The van der Waals surface area contributed by atoms with E-state index < -0.39 is 5.91 Å². The van der Waals surface area contributed by atoms with E-state index in [-0.39, 0.29) is 0 Å². The van der Waals surface area contributed by atoms with Gasteiger partial charge in [0.15, 0.2) is 0 Å². The zero-order valence-corrected chi connectivity index (χ0v) is 13.6. The van der Waals surface area contributed by atoms with Crippen molar-refractivity contribution < 1.29 is 4.79 Å². The normalized spacial score (nSPS) is 34.7. The largest absolute Gasteiger partial charge is 0.365 e. The summed E-state index contributed by atoms with van der Waals surface area (Å²) in [5, 5.41) is 0. The van der Waals surface area contributed by atoms with Crippen molar-refractivity contribution in [2.75, 3.05) is 0 Å². The molecule has 1 heterocycles. The summed E-state index contributed by atoms with van der Waals surface area (Å²) in [5.74, 6) is 3.19. The second kappa shape index (κ2) is 5.61. The fraction of sp³-hybridized carbons (Fsp3) is 0.722. The lowest BCUT2D eigenvalue weighted by molar-refractivity contribution is -0.0531. The van der Waals surface area contributed by atoms with Gasteiger partial charge in [-0.1, -0.05) is 6.32 Å². The second-order valence-corrected chi connectivity index (χ2v) is 8.14. The van der Waals surface area contributed by atoms with Crippen molar-refractivity contribution in [1.29, 1.82) is 0 Å². The van der Waals surface area contributed by atoms with E-state index in [1.54, 1.807) is 6.20 Å². The summed E-state index contributed by atoms with van der Waals surface area (Å²) in [6, 6.07) is 0. The zero-order valence-electron chi connectivity index (χ0n) is 13.6. The van der Waals surface area contributed by atoms with Gasteiger partial charge in [-0.25, -0.2) is 9.97 Å². The van der Waals surface area contributed by atoms with Gasteiger partial charge in [0.25, 0.3) is 5.91 Å². The average molecular weight is 309 g/mol. The number of hydrogen-bond acceptors (Lipinski definition) is 3. The Morgan fingerprint density at radius 2 is 1.83 bits per heavy atom. The lowest BCUT2D eigenvalue weighted by atomic mass is 9.49. The smallest absolute Gasteiger partial charge is 0.252 e. The standard InChI is InChI=1S/C18H24BN3O/c19-2-1-15-14(17(20)23)10-21-16(22-15)9-18-6-11-3-12(7-18)5-13(4-11)8-18/h10-13H,1-9H2,(H2,20,23). The molecule has 0 unspecified atom stereocenters. The van der Waals surface area contributed by atoms with E-state index in [1.807, 2.05) is 0 Å². The number of hydrogen-bond donors (Lipinski definition) is 1. The maximum absolute atomic E-state index is 11.5. The van der Waals surface area contributed by atoms with E-state index in [2.05, 4.69) is 9.97 Å². The molecule has 1 amide bonds. The third-order valence-corrected chi connectivity index (χ3v) is 6.26. The average Bonchev–Trinajstić information content (AvgIpc) is 2.45. The minimum atomic E-state index is -0.463. The van der Waals surface area contributed by atoms with Gasteiger partial charge in [-0.15, -0.1) is 0 Å². The third-order valence-electron chi connectivity index (χ3n) is 6.26. The van der Waals surface area contributed by atoms with E-state index in [0.717, 1.165) is 35.7 Å². The Balaban J connectivity index is 1.59. The van der Waals surface area contributed by atoms with Gasteiger partial charge in [0.05, 0.1) is 19.1 Å². The van der Waals surface area contributed by atoms with Crippen LogP contribution in [0.4, 0.5) is 0 Å². The van der Waals surface area contributed by atoms with E-state index in [1.165, 1.54) is 38.5 Å². The van der Waals surface area contributed by atoms with Gasteiger partial charge in [-0.2, -0.15) is 0 Å². The Bertz CT molecular complexity index is 595. The molecular weight excluding hydrogens is 285 g/mol. The summed E-state index contributed by atoms with van der Waals surface area (Å²) in [6.07, 6.45) is 12.0. The van der Waals surface area contributed by atoms with Crippen LogP contribution in [0.2, 0.25) is 6.32 Å². The molecule has 0 saturated heterocycles. The molecule has 2 N–H and O–H groups in total. The predicted molar refractivity (Wildman–Crippen MR) is 89.1 cm³/mol. The maximum atomic E-state index is 11.5. The molecule has 4 nitrogen and oxygen atoms in total. The second-order valence-electron chi connectivity index (χ2n) is 8.14. The Morgan fingerprint density at radius 1 is 1.22 bits per heavy atom. The van der Waals surface area contributed by atoms with Gasteiger partial charge in [0.1, 0.15) is 5.82 Å². The van der Waals surface area contributed by atoms with Crippen LogP contribution in [0.1, 0.15) is 60.4 Å². The fourth-order valence-electron chi connectivity index (χ4n) is 5.92. The zero-order chi connectivity index (χ0) is 16.0. The molecule has 0 aromatic carbocycles. The highest BCUT2D eigenvalue weighted by atomic mass is 16.1. The Labute approximate surface area is 139 Å². The minimum absolute atomic E-state index is 0.406. The first kappa shape index (κ1) is 15.2. The summed E-state index contributed by atoms with van der Waals surface area (Å²) < 4.78 is 0. The minimum Gasteiger partial charge on any atom is -0.365 e. The Morgan fingerprint density at radius 3 is 2.35 bits per heavy atom. The molecule has 23 heavy (non-hydrogen) atoms. The number of carbonyl (C=O) groups is 1. The van der Waals surface area contributed by atoms with Crippen molar-refractivity contribution in [3.05, 3.63) is 23.3 Å². The molecule has 0 aliphatic heterocycles. The quantitative estimate of drug-likeness (QED) is 0.850. The SMILES string of the molecule is [B]CCc1nc(CC23CC4CC(CC(C4)C2)C3)ncc1C(N)=O. The first-order chi connectivity index (χ1) is 11.1. The highest BCUT2D eigenvalue weighted by Crippen LogP contribution is 2.60. The van der Waals surface area contributed by atoms with Crippen molar-refractivity contribution in [3.63, 3.8) is 0 Å². The Hall–Kier alpha value is -1.39. The van der Waals surface area contributed by atoms with Crippen LogP contribution in [0.25, 0.3) is 0 Å². The van der Waals surface area contributed by atoms with Crippen molar-refractivity contribution in [3.8, 4) is 0 Å². The fourth-order valence-corrected chi connectivity index (χ4v) is 5.92. The van der Waals surface area contributed by atoms with Crippen LogP contribution in [0.3, 0.4) is 0 Å². The summed E-state index contributed by atoms with van der Waals surface area (Å²) in [7, 11) is 5.65. The molecule has 4 aliphatic carbocycles. The van der Waals surface area contributed by atoms with Gasteiger partial charge >= 0.3 is 0 Å². The molecular formula is C18H24BN3O. The molecule has 1 aromatic heterocycles. The number of amides is 1. The van der Waals surface area contributed by atoms with Gasteiger partial charge in [0.2, 0.25) is 0 Å². The molecule has 4 aliphatic rings. The first-order valence-electron chi connectivity index (χ1n) is 8.91. The van der Waals surface area contributed by atoms with Gasteiger partial charge in [0, 0.05) is 12.6 Å². The van der Waals surface area contributed by atoms with E-state index >= 15 is 0 Å². The molecule has 2 radical (unpaired) electrons. The van der Waals surface area contributed by atoms with Gasteiger partial charge < -0.3 is 5.73 Å². The molecule has 4 saturated carbocycles. The van der Waals surface area contributed by atoms with Gasteiger partial charge in [-0.05, 0) is 68.1 Å². The molecule has 120 valence electrons. The lowest BCUT2D eigenvalue weighted by Crippen LogP contribution is -2.47. The molecule has 5 rings (SSSR count). The highest BCUT2D eigenvalue weighted by molar-refractivity contribution is 6.08. The van der Waals surface area contributed by atoms with Gasteiger partial charge in [-0.3, -0.25) is 4.79 Å². The summed E-state index contributed by atoms with van der Waals surface area (Å²) in [4.78, 5) is 20.7. The molecule has 1 aromatic rings. The van der Waals surface area contributed by atoms with Crippen LogP contribution in [0, 0.1) is 23.2 Å². The van der Waals surface area contributed by atoms with Crippen LogP contribution >= 0.6 is 0 Å². The van der Waals surface area contributed by atoms with E-state index in [9.17, 15) is 4.79 Å². The third kappa shape index (κ3) is 2.79. The van der Waals surface area contributed by atoms with Crippen LogP contribution in [0.5, 0.6) is 0 Å². The van der Waals surface area contributed by atoms with E-state index in [4.69, 9.17) is 13.6 Å². The monoisotopic (exact) mass is 309 g/mol. The highest BCUT2D eigenvalue weighted by Gasteiger charge is 2.51. The number of rotatable bonds is 5. The number of nitrogens with two attached hydrogens (primary N) is 1. The van der Waals surface area contributed by atoms with Crippen LogP contribution < -0.4 is 5.73 Å². The van der Waals surface area contributed by atoms with Crippen molar-refractivity contribution >= 4 is 13.8 Å². The number of aromatic nitrogens is 2. The predicted octanol–water partition coefficient (Wildman–Crippen LogP) is 2.46. The van der Waals surface area contributed by atoms with Crippen molar-refractivity contribution in [2.24, 2.45) is 28.9 Å². The van der Waals surface area contributed by atoms with Crippen molar-refractivity contribution in [1.82, 2.24) is 9.97 Å². The summed E-state index contributed by atoms with van der Waals surface area (Å²) in [5.41, 5.74) is 6.97. The summed E-state index contributed by atoms with van der Waals surface area (Å²) in [6.45, 7) is 0. The number of carbonyl (C=O) groups excluding carboxylic acids is 1. The van der Waals surface area contributed by atoms with Crippen LogP contribution in [-0.2, 0) is 12.8 Å². The number of aryl methyl sites for hydroxylation is 1. The molecule has 0 spiro atoms. The van der Waals surface area contributed by atoms with Crippen molar-refractivity contribution in [2.45, 2.75) is 57.7 Å². The maximum Gasteiger partial charge on any atom is 0.252 e. The summed E-state index contributed by atoms with van der Waals surface area (Å²) >= 11 is 0. The number of nitrogens with zero attached hydrogens (tertiary/aromatic N) is 2.